The van der Waals surface area contributed by atoms with Crippen LogP contribution in [0.4, 0.5) is 0 Å². The second-order valence-corrected chi connectivity index (χ2v) is 8.27. The van der Waals surface area contributed by atoms with Crippen molar-refractivity contribution in [3.8, 4) is 0 Å². The van der Waals surface area contributed by atoms with Gasteiger partial charge in [0.1, 0.15) is 0 Å². The summed E-state index contributed by atoms with van der Waals surface area (Å²) in [4.78, 5) is 30.4. The molecule has 0 bridgehead atoms. The molecule has 1 aromatic rings. The van der Waals surface area contributed by atoms with Gasteiger partial charge in [-0.05, 0) is 49.8 Å². The highest BCUT2D eigenvalue weighted by molar-refractivity contribution is 5.91. The molecule has 2 amide bonds. The summed E-state index contributed by atoms with van der Waals surface area (Å²) in [7, 11) is 0. The first-order valence-electron chi connectivity index (χ1n) is 10.3. The van der Waals surface area contributed by atoms with Crippen LogP contribution in [-0.4, -0.2) is 53.0 Å². The fourth-order valence-corrected chi connectivity index (χ4v) is 3.96. The number of nitrogens with zero attached hydrogens (tertiary/aromatic N) is 2. The number of pyridine rings is 1. The summed E-state index contributed by atoms with van der Waals surface area (Å²) in [5.41, 5.74) is 0.640. The second kappa shape index (κ2) is 9.32. The lowest BCUT2D eigenvalue weighted by molar-refractivity contribution is -0.138. The molecular formula is C22H31N3O3. The summed E-state index contributed by atoms with van der Waals surface area (Å²) in [5, 5.41) is 2.92. The number of likely N-dealkylation sites (tertiary alicyclic amines) is 1. The highest BCUT2D eigenvalue weighted by Crippen LogP contribution is 2.38. The lowest BCUT2D eigenvalue weighted by Crippen LogP contribution is -2.47. The quantitative estimate of drug-likeness (QED) is 0.765. The predicted molar refractivity (Wildman–Crippen MR) is 108 cm³/mol. The topological polar surface area (TPSA) is 71.5 Å². The van der Waals surface area contributed by atoms with E-state index in [1.807, 2.05) is 23.1 Å². The Balaban J connectivity index is 1.40. The molecule has 3 rings (SSSR count). The summed E-state index contributed by atoms with van der Waals surface area (Å²) in [6.45, 7) is 6.22. The maximum atomic E-state index is 12.2. The van der Waals surface area contributed by atoms with Crippen molar-refractivity contribution < 1.29 is 14.3 Å². The number of rotatable bonds is 6. The summed E-state index contributed by atoms with van der Waals surface area (Å²) in [5.74, 6) is 0.515. The molecule has 0 saturated carbocycles. The first kappa shape index (κ1) is 20.5. The van der Waals surface area contributed by atoms with E-state index in [-0.39, 0.29) is 23.5 Å². The third-order valence-electron chi connectivity index (χ3n) is 5.55. The van der Waals surface area contributed by atoms with E-state index in [4.69, 9.17) is 4.74 Å². The molecular weight excluding hydrogens is 354 g/mol. The molecule has 0 unspecified atom stereocenters. The van der Waals surface area contributed by atoms with Crippen LogP contribution in [0, 0.1) is 5.92 Å². The molecule has 6 heteroatoms. The summed E-state index contributed by atoms with van der Waals surface area (Å²) in [6, 6.07) is 5.58. The molecule has 2 aliphatic heterocycles. The van der Waals surface area contributed by atoms with Crippen molar-refractivity contribution in [2.24, 2.45) is 5.92 Å². The Labute approximate surface area is 167 Å². The zero-order chi connectivity index (χ0) is 20.0. The van der Waals surface area contributed by atoms with Crippen LogP contribution in [0.25, 0.3) is 6.08 Å². The van der Waals surface area contributed by atoms with Gasteiger partial charge in [-0.15, -0.1) is 0 Å². The van der Waals surface area contributed by atoms with Gasteiger partial charge in [0, 0.05) is 38.3 Å². The molecule has 0 aromatic carbocycles. The largest absolute Gasteiger partial charge is 0.370 e. The van der Waals surface area contributed by atoms with Crippen molar-refractivity contribution >= 4 is 17.9 Å². The Bertz CT molecular complexity index is 694. The van der Waals surface area contributed by atoms with Gasteiger partial charge in [-0.2, -0.15) is 0 Å². The SMILES string of the molecule is CC(C)CC(=O)N1CCC2(CC[C@H](CNC(=O)/C=C/c3ccccn3)O2)CC1. The normalized spacial score (nSPS) is 21.5. The molecule has 1 N–H and O–H groups in total. The Morgan fingerprint density at radius 1 is 1.32 bits per heavy atom. The molecule has 0 aliphatic carbocycles. The van der Waals surface area contributed by atoms with Gasteiger partial charge < -0.3 is 15.0 Å². The Morgan fingerprint density at radius 3 is 2.79 bits per heavy atom. The molecule has 6 nitrogen and oxygen atoms in total. The molecule has 1 aromatic heterocycles. The van der Waals surface area contributed by atoms with Crippen molar-refractivity contribution in [3.05, 3.63) is 36.2 Å². The summed E-state index contributed by atoms with van der Waals surface area (Å²) in [6.07, 6.45) is 9.31. The van der Waals surface area contributed by atoms with Crippen molar-refractivity contribution in [1.82, 2.24) is 15.2 Å². The molecule has 152 valence electrons. The molecule has 0 radical (unpaired) electrons. The van der Waals surface area contributed by atoms with Crippen LogP contribution in [0.15, 0.2) is 30.5 Å². The van der Waals surface area contributed by atoms with E-state index in [1.54, 1.807) is 12.3 Å². The van der Waals surface area contributed by atoms with E-state index in [9.17, 15) is 9.59 Å². The Hall–Kier alpha value is -2.21. The van der Waals surface area contributed by atoms with Crippen molar-refractivity contribution in [2.45, 2.75) is 57.7 Å². The summed E-state index contributed by atoms with van der Waals surface area (Å²) < 4.78 is 6.32. The first-order chi connectivity index (χ1) is 13.5. The minimum absolute atomic E-state index is 0.0464. The van der Waals surface area contributed by atoms with E-state index >= 15 is 0 Å². The third kappa shape index (κ3) is 5.64. The van der Waals surface area contributed by atoms with E-state index in [1.165, 1.54) is 6.08 Å². The number of aromatic nitrogens is 1. The lowest BCUT2D eigenvalue weighted by Gasteiger charge is -2.39. The highest BCUT2D eigenvalue weighted by atomic mass is 16.5. The highest BCUT2D eigenvalue weighted by Gasteiger charge is 2.43. The van der Waals surface area contributed by atoms with Gasteiger partial charge in [-0.25, -0.2) is 0 Å². The van der Waals surface area contributed by atoms with Crippen LogP contribution >= 0.6 is 0 Å². The van der Waals surface area contributed by atoms with Gasteiger partial charge in [0.15, 0.2) is 0 Å². The van der Waals surface area contributed by atoms with Crippen LogP contribution in [-0.2, 0) is 14.3 Å². The maximum Gasteiger partial charge on any atom is 0.244 e. The molecule has 2 aliphatic rings. The van der Waals surface area contributed by atoms with Gasteiger partial charge >= 0.3 is 0 Å². The third-order valence-corrected chi connectivity index (χ3v) is 5.55. The van der Waals surface area contributed by atoms with E-state index in [2.05, 4.69) is 24.1 Å². The number of amides is 2. The van der Waals surface area contributed by atoms with Crippen LogP contribution in [0.1, 0.15) is 51.6 Å². The molecule has 3 heterocycles. The van der Waals surface area contributed by atoms with Crippen LogP contribution in [0.3, 0.4) is 0 Å². The fraction of sp³-hybridized carbons (Fsp3) is 0.591. The number of hydrogen-bond acceptors (Lipinski definition) is 4. The minimum atomic E-state index is -0.135. The van der Waals surface area contributed by atoms with Crippen LogP contribution < -0.4 is 5.32 Å². The maximum absolute atomic E-state index is 12.2. The number of hydrogen-bond donors (Lipinski definition) is 1. The van der Waals surface area contributed by atoms with Crippen molar-refractivity contribution in [1.29, 1.82) is 0 Å². The standard InChI is InChI=1S/C22H31N3O3/c1-17(2)15-21(27)25-13-10-22(11-14-25)9-8-19(28-22)16-24-20(26)7-6-18-5-3-4-12-23-18/h3-7,12,17,19H,8-11,13-16H2,1-2H3,(H,24,26)/b7-6+/t19-/m1/s1. The average Bonchev–Trinajstić information content (AvgIpc) is 3.08. The molecule has 1 atom stereocenters. The predicted octanol–water partition coefficient (Wildman–Crippen LogP) is 2.80. The van der Waals surface area contributed by atoms with Crippen LogP contribution in [0.2, 0.25) is 0 Å². The smallest absolute Gasteiger partial charge is 0.244 e. The summed E-state index contributed by atoms with van der Waals surface area (Å²) >= 11 is 0. The molecule has 28 heavy (non-hydrogen) atoms. The zero-order valence-corrected chi connectivity index (χ0v) is 16.9. The van der Waals surface area contributed by atoms with Gasteiger partial charge in [-0.1, -0.05) is 19.9 Å². The first-order valence-corrected chi connectivity index (χ1v) is 10.3. The Kier molecular flexibility index (Phi) is 6.83. The van der Waals surface area contributed by atoms with E-state index in [0.29, 0.717) is 18.9 Å². The molecule has 2 fully saturated rings. The van der Waals surface area contributed by atoms with E-state index < -0.39 is 0 Å². The number of ether oxygens (including phenoxy) is 1. The number of carbonyl (C=O) groups is 2. The molecule has 2 saturated heterocycles. The lowest BCUT2D eigenvalue weighted by atomic mass is 9.88. The monoisotopic (exact) mass is 385 g/mol. The van der Waals surface area contributed by atoms with Gasteiger partial charge in [-0.3, -0.25) is 14.6 Å². The number of piperidine rings is 1. The minimum Gasteiger partial charge on any atom is -0.370 e. The van der Waals surface area contributed by atoms with Gasteiger partial charge in [0.2, 0.25) is 11.8 Å². The number of carbonyl (C=O) groups excluding carboxylic acids is 2. The van der Waals surface area contributed by atoms with Crippen molar-refractivity contribution in [3.63, 3.8) is 0 Å². The average molecular weight is 386 g/mol. The van der Waals surface area contributed by atoms with Crippen molar-refractivity contribution in [2.75, 3.05) is 19.6 Å². The van der Waals surface area contributed by atoms with Gasteiger partial charge in [0.25, 0.3) is 0 Å². The zero-order valence-electron chi connectivity index (χ0n) is 16.9. The van der Waals surface area contributed by atoms with Crippen LogP contribution in [0.5, 0.6) is 0 Å². The number of nitrogens with one attached hydrogen (secondary N) is 1. The molecule has 1 spiro atoms. The van der Waals surface area contributed by atoms with E-state index in [0.717, 1.165) is 44.5 Å². The Morgan fingerprint density at radius 2 is 2.11 bits per heavy atom. The fourth-order valence-electron chi connectivity index (χ4n) is 3.96. The van der Waals surface area contributed by atoms with Gasteiger partial charge in [0.05, 0.1) is 17.4 Å². The second-order valence-electron chi connectivity index (χ2n) is 8.27.